The van der Waals surface area contributed by atoms with Gasteiger partial charge in [0, 0.05) is 13.1 Å². The number of rotatable bonds is 3. The maximum Gasteiger partial charge on any atom is 0.118 e. The third-order valence-corrected chi connectivity index (χ3v) is 2.71. The highest BCUT2D eigenvalue weighted by molar-refractivity contribution is 5.09. The van der Waals surface area contributed by atoms with Gasteiger partial charge < -0.3 is 10.2 Å². The Labute approximate surface area is 90.5 Å². The summed E-state index contributed by atoms with van der Waals surface area (Å²) in [4.78, 5) is 2.40. The van der Waals surface area contributed by atoms with E-state index in [2.05, 4.69) is 17.9 Å². The number of nitrogens with two attached hydrogens (primary N) is 1. The van der Waals surface area contributed by atoms with Gasteiger partial charge in [0.25, 0.3) is 0 Å². The van der Waals surface area contributed by atoms with Crippen molar-refractivity contribution in [2.75, 3.05) is 13.1 Å². The van der Waals surface area contributed by atoms with Crippen LogP contribution in [-0.2, 0) is 13.1 Å². The summed E-state index contributed by atoms with van der Waals surface area (Å²) >= 11 is 0. The molecule has 2 heterocycles. The van der Waals surface area contributed by atoms with E-state index in [1.807, 2.05) is 12.1 Å². The fourth-order valence-electron chi connectivity index (χ4n) is 1.96. The number of hydrogen-bond acceptors (Lipinski definition) is 3. The van der Waals surface area contributed by atoms with E-state index in [0.717, 1.165) is 37.6 Å². The lowest BCUT2D eigenvalue weighted by Gasteiger charge is -2.24. The monoisotopic (exact) mass is 206 g/mol. The van der Waals surface area contributed by atoms with E-state index in [1.165, 1.54) is 5.57 Å². The summed E-state index contributed by atoms with van der Waals surface area (Å²) in [7, 11) is 0. The molecule has 1 aliphatic rings. The van der Waals surface area contributed by atoms with Gasteiger partial charge in [-0.2, -0.15) is 0 Å². The van der Waals surface area contributed by atoms with Crippen LogP contribution in [0.15, 0.2) is 28.2 Å². The molecule has 0 bridgehead atoms. The third kappa shape index (κ3) is 2.70. The van der Waals surface area contributed by atoms with Gasteiger partial charge in [-0.3, -0.25) is 4.90 Å². The van der Waals surface area contributed by atoms with E-state index in [0.29, 0.717) is 6.54 Å². The molecular formula is C12H18N2O. The molecule has 1 aliphatic heterocycles. The van der Waals surface area contributed by atoms with Gasteiger partial charge in [0.05, 0.1) is 13.1 Å². The Morgan fingerprint density at radius 1 is 1.40 bits per heavy atom. The normalized spacial score (nSPS) is 17.9. The van der Waals surface area contributed by atoms with Crippen molar-refractivity contribution in [1.29, 1.82) is 0 Å². The van der Waals surface area contributed by atoms with Gasteiger partial charge in [-0.25, -0.2) is 0 Å². The zero-order chi connectivity index (χ0) is 10.7. The minimum Gasteiger partial charge on any atom is -0.463 e. The van der Waals surface area contributed by atoms with Gasteiger partial charge in [-0.1, -0.05) is 11.6 Å². The van der Waals surface area contributed by atoms with Crippen molar-refractivity contribution >= 4 is 0 Å². The minimum absolute atomic E-state index is 0.485. The Morgan fingerprint density at radius 3 is 2.87 bits per heavy atom. The number of hydrogen-bond donors (Lipinski definition) is 1. The first-order valence-electron chi connectivity index (χ1n) is 5.43. The van der Waals surface area contributed by atoms with E-state index in [9.17, 15) is 0 Å². The SMILES string of the molecule is CC1=CCCN(Cc2ccc(CN)o2)C1. The van der Waals surface area contributed by atoms with Crippen LogP contribution in [0.4, 0.5) is 0 Å². The number of furan rings is 1. The lowest BCUT2D eigenvalue weighted by molar-refractivity contribution is 0.255. The molecule has 3 heteroatoms. The molecule has 0 aromatic carbocycles. The molecular weight excluding hydrogens is 188 g/mol. The summed E-state index contributed by atoms with van der Waals surface area (Å²) < 4.78 is 5.58. The first-order valence-corrected chi connectivity index (χ1v) is 5.43. The largest absolute Gasteiger partial charge is 0.463 e. The standard InChI is InChI=1S/C12H18N2O/c1-10-3-2-6-14(8-10)9-12-5-4-11(7-13)15-12/h3-5H,2,6-9,13H2,1H3. The van der Waals surface area contributed by atoms with Gasteiger partial charge in [0.2, 0.25) is 0 Å². The summed E-state index contributed by atoms with van der Waals surface area (Å²) in [5, 5.41) is 0. The van der Waals surface area contributed by atoms with Gasteiger partial charge >= 0.3 is 0 Å². The maximum absolute atomic E-state index is 5.58. The van der Waals surface area contributed by atoms with Crippen LogP contribution < -0.4 is 5.73 Å². The molecule has 3 nitrogen and oxygen atoms in total. The van der Waals surface area contributed by atoms with E-state index in [4.69, 9.17) is 10.2 Å². The minimum atomic E-state index is 0.485. The Morgan fingerprint density at radius 2 is 2.20 bits per heavy atom. The Hall–Kier alpha value is -1.06. The summed E-state index contributed by atoms with van der Waals surface area (Å²) in [6, 6.07) is 3.98. The predicted octanol–water partition coefficient (Wildman–Crippen LogP) is 1.89. The molecule has 0 radical (unpaired) electrons. The van der Waals surface area contributed by atoms with Crippen LogP contribution in [0, 0.1) is 0 Å². The molecule has 0 spiro atoms. The van der Waals surface area contributed by atoms with Gasteiger partial charge in [0.1, 0.15) is 11.5 Å². The van der Waals surface area contributed by atoms with Crippen molar-refractivity contribution in [3.63, 3.8) is 0 Å². The van der Waals surface area contributed by atoms with E-state index in [1.54, 1.807) is 0 Å². The smallest absolute Gasteiger partial charge is 0.118 e. The molecule has 1 aromatic rings. The van der Waals surface area contributed by atoms with Crippen molar-refractivity contribution in [1.82, 2.24) is 4.90 Å². The molecule has 0 unspecified atom stereocenters. The molecule has 0 saturated heterocycles. The summed E-state index contributed by atoms with van der Waals surface area (Å²) in [6.07, 6.45) is 3.46. The first kappa shape index (κ1) is 10.5. The molecule has 2 rings (SSSR count). The topological polar surface area (TPSA) is 42.4 Å². The highest BCUT2D eigenvalue weighted by atomic mass is 16.3. The van der Waals surface area contributed by atoms with Crippen LogP contribution in [0.5, 0.6) is 0 Å². The van der Waals surface area contributed by atoms with Crippen LogP contribution in [0.25, 0.3) is 0 Å². The van der Waals surface area contributed by atoms with Crippen LogP contribution in [-0.4, -0.2) is 18.0 Å². The predicted molar refractivity (Wildman–Crippen MR) is 60.3 cm³/mol. The van der Waals surface area contributed by atoms with Crippen molar-refractivity contribution in [3.05, 3.63) is 35.3 Å². The Bertz CT molecular complexity index is 354. The number of nitrogens with zero attached hydrogens (tertiary/aromatic N) is 1. The van der Waals surface area contributed by atoms with E-state index >= 15 is 0 Å². The highest BCUT2D eigenvalue weighted by Gasteiger charge is 2.12. The van der Waals surface area contributed by atoms with Crippen molar-refractivity contribution in [2.45, 2.75) is 26.4 Å². The first-order chi connectivity index (χ1) is 7.28. The van der Waals surface area contributed by atoms with Crippen LogP contribution in [0.3, 0.4) is 0 Å². The summed E-state index contributed by atoms with van der Waals surface area (Å²) in [6.45, 7) is 5.73. The quantitative estimate of drug-likeness (QED) is 0.768. The third-order valence-electron chi connectivity index (χ3n) is 2.71. The average molecular weight is 206 g/mol. The van der Waals surface area contributed by atoms with Crippen molar-refractivity contribution < 1.29 is 4.42 Å². The molecule has 1 aromatic heterocycles. The van der Waals surface area contributed by atoms with Gasteiger partial charge in [0.15, 0.2) is 0 Å². The second-order valence-electron chi connectivity index (χ2n) is 4.12. The zero-order valence-electron chi connectivity index (χ0n) is 9.20. The molecule has 0 amide bonds. The Balaban J connectivity index is 1.94. The van der Waals surface area contributed by atoms with Crippen LogP contribution in [0.1, 0.15) is 24.9 Å². The average Bonchev–Trinajstić information content (AvgIpc) is 2.65. The second kappa shape index (κ2) is 4.64. The lowest BCUT2D eigenvalue weighted by Crippen LogP contribution is -2.28. The molecule has 0 fully saturated rings. The van der Waals surface area contributed by atoms with Crippen molar-refractivity contribution in [3.8, 4) is 0 Å². The molecule has 82 valence electrons. The summed E-state index contributed by atoms with van der Waals surface area (Å²) in [5.74, 6) is 1.89. The fourth-order valence-corrected chi connectivity index (χ4v) is 1.96. The lowest BCUT2D eigenvalue weighted by atomic mass is 10.1. The van der Waals surface area contributed by atoms with Gasteiger partial charge in [-0.05, 0) is 25.5 Å². The molecule has 2 N–H and O–H groups in total. The second-order valence-corrected chi connectivity index (χ2v) is 4.12. The molecule has 0 atom stereocenters. The highest BCUT2D eigenvalue weighted by Crippen LogP contribution is 2.14. The van der Waals surface area contributed by atoms with E-state index < -0.39 is 0 Å². The van der Waals surface area contributed by atoms with E-state index in [-0.39, 0.29) is 0 Å². The summed E-state index contributed by atoms with van der Waals surface area (Å²) in [5.41, 5.74) is 6.95. The van der Waals surface area contributed by atoms with Crippen LogP contribution in [0.2, 0.25) is 0 Å². The maximum atomic E-state index is 5.58. The molecule has 0 aliphatic carbocycles. The van der Waals surface area contributed by atoms with Gasteiger partial charge in [-0.15, -0.1) is 0 Å². The molecule has 0 saturated carbocycles. The van der Waals surface area contributed by atoms with Crippen LogP contribution >= 0.6 is 0 Å². The Kier molecular flexibility index (Phi) is 3.23. The van der Waals surface area contributed by atoms with Crippen molar-refractivity contribution in [2.24, 2.45) is 5.73 Å². The molecule has 15 heavy (non-hydrogen) atoms. The zero-order valence-corrected chi connectivity index (χ0v) is 9.20. The fraction of sp³-hybridized carbons (Fsp3) is 0.500.